The number of aromatic nitrogens is 2. The van der Waals surface area contributed by atoms with E-state index >= 15 is 0 Å². The average Bonchev–Trinajstić information content (AvgIpc) is 3.37. The first-order valence-electron chi connectivity index (χ1n) is 10.1. The Balaban J connectivity index is 1.51. The van der Waals surface area contributed by atoms with Crippen LogP contribution in [0.25, 0.3) is 16.9 Å². The predicted molar refractivity (Wildman–Crippen MR) is 112 cm³/mol. The molecule has 0 aliphatic carbocycles. The topological polar surface area (TPSA) is 65.0 Å². The van der Waals surface area contributed by atoms with Crippen molar-refractivity contribution in [2.24, 2.45) is 0 Å². The van der Waals surface area contributed by atoms with Crippen LogP contribution < -0.4 is 15.2 Å². The van der Waals surface area contributed by atoms with Crippen LogP contribution in [0.15, 0.2) is 42.7 Å². The van der Waals surface area contributed by atoms with E-state index in [4.69, 9.17) is 20.2 Å². The Morgan fingerprint density at radius 3 is 2.68 bits per heavy atom. The minimum atomic E-state index is 0.630. The number of imidazole rings is 1. The molecule has 1 aromatic carbocycles. The van der Waals surface area contributed by atoms with Gasteiger partial charge in [0.25, 0.3) is 0 Å². The highest BCUT2D eigenvalue weighted by Gasteiger charge is 2.13. The highest BCUT2D eigenvalue weighted by atomic mass is 16.5. The molecule has 6 heteroatoms. The summed E-state index contributed by atoms with van der Waals surface area (Å²) >= 11 is 0. The zero-order chi connectivity index (χ0) is 19.3. The summed E-state index contributed by atoms with van der Waals surface area (Å²) in [6, 6.07) is 9.79. The summed E-state index contributed by atoms with van der Waals surface area (Å²) in [7, 11) is 0. The summed E-state index contributed by atoms with van der Waals surface area (Å²) in [5.41, 5.74) is 9.44. The molecule has 0 atom stereocenters. The minimum absolute atomic E-state index is 0.630. The number of likely N-dealkylation sites (tertiary alicyclic amines) is 1. The number of anilines is 1. The van der Waals surface area contributed by atoms with Crippen molar-refractivity contribution in [2.45, 2.75) is 26.2 Å². The smallest absolute Gasteiger partial charge is 0.180 e. The lowest BCUT2D eigenvalue weighted by atomic mass is 10.1. The number of pyridine rings is 1. The Morgan fingerprint density at radius 1 is 1.07 bits per heavy atom. The third kappa shape index (κ3) is 4.07. The second-order valence-corrected chi connectivity index (χ2v) is 7.23. The highest BCUT2D eigenvalue weighted by molar-refractivity contribution is 5.71. The molecule has 0 bridgehead atoms. The normalized spacial score (nSPS) is 14.6. The number of fused-ring (bicyclic) bond motifs is 1. The van der Waals surface area contributed by atoms with Gasteiger partial charge in [-0.3, -0.25) is 4.90 Å². The van der Waals surface area contributed by atoms with Crippen LogP contribution in [0.2, 0.25) is 0 Å². The van der Waals surface area contributed by atoms with E-state index in [2.05, 4.69) is 11.8 Å². The zero-order valence-corrected chi connectivity index (χ0v) is 16.4. The maximum atomic E-state index is 6.16. The summed E-state index contributed by atoms with van der Waals surface area (Å²) in [6.07, 6.45) is 7.54. The zero-order valence-electron chi connectivity index (χ0n) is 16.4. The number of hydrogen-bond acceptors (Lipinski definition) is 5. The number of hydrogen-bond donors (Lipinski definition) is 1. The quantitative estimate of drug-likeness (QED) is 0.602. The van der Waals surface area contributed by atoms with Crippen molar-refractivity contribution in [1.29, 1.82) is 0 Å². The van der Waals surface area contributed by atoms with Crippen molar-refractivity contribution in [3.05, 3.63) is 42.7 Å². The Hall–Kier alpha value is -2.73. The Kier molecular flexibility index (Phi) is 5.67. The van der Waals surface area contributed by atoms with Crippen molar-refractivity contribution < 1.29 is 9.47 Å². The maximum absolute atomic E-state index is 6.16. The molecule has 2 aromatic heterocycles. The molecular formula is C22H28N4O2. The van der Waals surface area contributed by atoms with Crippen LogP contribution in [0.3, 0.4) is 0 Å². The molecule has 0 amide bonds. The Labute approximate surface area is 165 Å². The molecule has 1 aliphatic rings. The van der Waals surface area contributed by atoms with Gasteiger partial charge in [0, 0.05) is 24.5 Å². The molecule has 3 aromatic rings. The van der Waals surface area contributed by atoms with Crippen molar-refractivity contribution in [3.63, 3.8) is 0 Å². The lowest BCUT2D eigenvalue weighted by molar-refractivity contribution is 0.239. The van der Waals surface area contributed by atoms with Gasteiger partial charge < -0.3 is 19.6 Å². The Morgan fingerprint density at radius 2 is 1.89 bits per heavy atom. The van der Waals surface area contributed by atoms with E-state index in [-0.39, 0.29) is 0 Å². The fourth-order valence-corrected chi connectivity index (χ4v) is 3.58. The van der Waals surface area contributed by atoms with Crippen LogP contribution in [0.5, 0.6) is 11.5 Å². The molecule has 0 radical (unpaired) electrons. The maximum Gasteiger partial charge on any atom is 0.180 e. The van der Waals surface area contributed by atoms with Crippen LogP contribution in [0, 0.1) is 0 Å². The molecule has 1 saturated heterocycles. The number of rotatable bonds is 8. The molecule has 3 heterocycles. The van der Waals surface area contributed by atoms with Gasteiger partial charge in [-0.25, -0.2) is 4.98 Å². The van der Waals surface area contributed by atoms with Crippen molar-refractivity contribution in [2.75, 3.05) is 38.6 Å². The van der Waals surface area contributed by atoms with Crippen molar-refractivity contribution in [3.8, 4) is 22.8 Å². The van der Waals surface area contributed by atoms with Crippen molar-refractivity contribution in [1.82, 2.24) is 14.3 Å². The van der Waals surface area contributed by atoms with E-state index in [9.17, 15) is 0 Å². The van der Waals surface area contributed by atoms with Gasteiger partial charge >= 0.3 is 0 Å². The minimum Gasteiger partial charge on any atom is -0.491 e. The summed E-state index contributed by atoms with van der Waals surface area (Å²) in [5.74, 6) is 1.53. The number of ether oxygens (including phenoxy) is 2. The SMILES string of the molecule is CCCOc1ccc(-c2cn3cccc(OCCN4CCCC4)c3n2)cc1N. The summed E-state index contributed by atoms with van der Waals surface area (Å²) in [5, 5.41) is 0. The van der Waals surface area contributed by atoms with Crippen LogP contribution in [0.1, 0.15) is 26.2 Å². The van der Waals surface area contributed by atoms with Gasteiger partial charge in [0.1, 0.15) is 12.4 Å². The van der Waals surface area contributed by atoms with Gasteiger partial charge in [0.05, 0.1) is 18.0 Å². The Bertz CT molecular complexity index is 931. The van der Waals surface area contributed by atoms with Gasteiger partial charge in [-0.15, -0.1) is 0 Å². The first-order valence-corrected chi connectivity index (χ1v) is 10.1. The number of nitrogen functional groups attached to an aromatic ring is 1. The van der Waals surface area contributed by atoms with E-state index in [1.807, 2.05) is 47.1 Å². The second-order valence-electron chi connectivity index (χ2n) is 7.23. The molecule has 0 spiro atoms. The van der Waals surface area contributed by atoms with Gasteiger partial charge in [-0.1, -0.05) is 6.92 Å². The standard InChI is InChI=1S/C22H28N4O2/c1-2-13-27-20-8-7-17(15-18(20)23)19-16-26-11-5-6-21(22(26)24-19)28-14-12-25-9-3-4-10-25/h5-8,11,15-16H,2-4,9-10,12-14,23H2,1H3. The first kappa shape index (κ1) is 18.6. The molecule has 2 N–H and O–H groups in total. The third-order valence-electron chi connectivity index (χ3n) is 5.08. The summed E-state index contributed by atoms with van der Waals surface area (Å²) in [6.45, 7) is 6.74. The van der Waals surface area contributed by atoms with Crippen molar-refractivity contribution >= 4 is 11.3 Å². The molecule has 6 nitrogen and oxygen atoms in total. The monoisotopic (exact) mass is 380 g/mol. The number of nitrogens with zero attached hydrogens (tertiary/aromatic N) is 3. The predicted octanol–water partition coefficient (Wildman–Crippen LogP) is 3.85. The van der Waals surface area contributed by atoms with E-state index in [1.165, 1.54) is 25.9 Å². The van der Waals surface area contributed by atoms with Crippen LogP contribution in [-0.2, 0) is 0 Å². The molecule has 0 unspecified atom stereocenters. The molecule has 1 fully saturated rings. The summed E-state index contributed by atoms with van der Waals surface area (Å²) < 4.78 is 13.7. The van der Waals surface area contributed by atoms with Crippen LogP contribution >= 0.6 is 0 Å². The first-order chi connectivity index (χ1) is 13.7. The second kappa shape index (κ2) is 8.52. The van der Waals surface area contributed by atoms with E-state index in [0.29, 0.717) is 18.9 Å². The molecular weight excluding hydrogens is 352 g/mol. The lowest BCUT2D eigenvalue weighted by Gasteiger charge is -2.15. The molecule has 148 valence electrons. The fraction of sp³-hybridized carbons (Fsp3) is 0.409. The molecule has 0 saturated carbocycles. The van der Waals surface area contributed by atoms with E-state index < -0.39 is 0 Å². The highest BCUT2D eigenvalue weighted by Crippen LogP contribution is 2.30. The van der Waals surface area contributed by atoms with Crippen LogP contribution in [0.4, 0.5) is 5.69 Å². The molecule has 1 aliphatic heterocycles. The average molecular weight is 380 g/mol. The largest absolute Gasteiger partial charge is 0.491 e. The van der Waals surface area contributed by atoms with Gasteiger partial charge in [-0.2, -0.15) is 0 Å². The summed E-state index contributed by atoms with van der Waals surface area (Å²) in [4.78, 5) is 7.24. The molecule has 4 rings (SSSR count). The van der Waals surface area contributed by atoms with Gasteiger partial charge in [0.15, 0.2) is 11.4 Å². The van der Waals surface area contributed by atoms with E-state index in [0.717, 1.165) is 41.4 Å². The van der Waals surface area contributed by atoms with Gasteiger partial charge in [-0.05, 0) is 62.7 Å². The van der Waals surface area contributed by atoms with E-state index in [1.54, 1.807) is 0 Å². The van der Waals surface area contributed by atoms with Gasteiger partial charge in [0.2, 0.25) is 0 Å². The fourth-order valence-electron chi connectivity index (χ4n) is 3.58. The lowest BCUT2D eigenvalue weighted by Crippen LogP contribution is -2.25. The number of benzene rings is 1. The molecule has 28 heavy (non-hydrogen) atoms. The third-order valence-corrected chi connectivity index (χ3v) is 5.08. The van der Waals surface area contributed by atoms with Crippen LogP contribution in [-0.4, -0.2) is 47.1 Å². The number of nitrogens with two attached hydrogens (primary N) is 1.